The minimum Gasteiger partial charge on any atom is -0.368 e. The standard InChI is InChI=1S/C16H13BrN2O2/c17-12-6-3-5-11(8-12)16(21)19-13-7-2-1-4-10(13)9-14(19)15(18)20/h1-8,14H,9H2,(H2,18,20). The van der Waals surface area contributed by atoms with Crippen LogP contribution in [0, 0.1) is 0 Å². The van der Waals surface area contributed by atoms with Crippen molar-refractivity contribution in [2.24, 2.45) is 5.73 Å². The maximum atomic E-state index is 12.8. The van der Waals surface area contributed by atoms with Crippen LogP contribution in [-0.2, 0) is 11.2 Å². The van der Waals surface area contributed by atoms with Gasteiger partial charge in [0.2, 0.25) is 5.91 Å². The lowest BCUT2D eigenvalue weighted by Crippen LogP contribution is -2.46. The Bertz CT molecular complexity index is 730. The highest BCUT2D eigenvalue weighted by Gasteiger charge is 2.37. The average molecular weight is 345 g/mol. The van der Waals surface area contributed by atoms with Crippen LogP contribution in [0.2, 0.25) is 0 Å². The molecule has 21 heavy (non-hydrogen) atoms. The lowest BCUT2D eigenvalue weighted by atomic mass is 10.1. The lowest BCUT2D eigenvalue weighted by molar-refractivity contribution is -0.119. The van der Waals surface area contributed by atoms with E-state index >= 15 is 0 Å². The van der Waals surface area contributed by atoms with Crippen molar-refractivity contribution in [3.63, 3.8) is 0 Å². The van der Waals surface area contributed by atoms with Gasteiger partial charge in [0.25, 0.3) is 5.91 Å². The third-order valence-electron chi connectivity index (χ3n) is 3.59. The van der Waals surface area contributed by atoms with Gasteiger partial charge < -0.3 is 5.73 Å². The van der Waals surface area contributed by atoms with Crippen LogP contribution in [0.3, 0.4) is 0 Å². The summed E-state index contributed by atoms with van der Waals surface area (Å²) in [4.78, 5) is 26.0. The number of carbonyl (C=O) groups is 2. The van der Waals surface area contributed by atoms with Crippen LogP contribution in [0.25, 0.3) is 0 Å². The second-order valence-corrected chi connectivity index (χ2v) is 5.85. The van der Waals surface area contributed by atoms with Gasteiger partial charge in [0.1, 0.15) is 6.04 Å². The van der Waals surface area contributed by atoms with E-state index in [1.54, 1.807) is 18.2 Å². The van der Waals surface area contributed by atoms with Crippen molar-refractivity contribution in [3.8, 4) is 0 Å². The Hall–Kier alpha value is -2.14. The molecule has 1 aliphatic heterocycles. The molecule has 2 amide bonds. The Balaban J connectivity index is 2.05. The van der Waals surface area contributed by atoms with Crippen molar-refractivity contribution in [2.75, 3.05) is 4.90 Å². The molecule has 0 bridgehead atoms. The number of amides is 2. The summed E-state index contributed by atoms with van der Waals surface area (Å²) < 4.78 is 0.816. The molecule has 0 radical (unpaired) electrons. The van der Waals surface area contributed by atoms with Gasteiger partial charge in [-0.1, -0.05) is 40.2 Å². The summed E-state index contributed by atoms with van der Waals surface area (Å²) in [6.07, 6.45) is 0.464. The fraction of sp³-hybridized carbons (Fsp3) is 0.125. The first-order valence-corrected chi connectivity index (χ1v) is 7.33. The number of nitrogens with zero attached hydrogens (tertiary/aromatic N) is 1. The molecule has 2 N–H and O–H groups in total. The number of primary amides is 1. The van der Waals surface area contributed by atoms with E-state index in [0.29, 0.717) is 12.0 Å². The fourth-order valence-electron chi connectivity index (χ4n) is 2.63. The van der Waals surface area contributed by atoms with Gasteiger partial charge in [-0.05, 0) is 29.8 Å². The molecular formula is C16H13BrN2O2. The van der Waals surface area contributed by atoms with Crippen LogP contribution < -0.4 is 10.6 Å². The maximum Gasteiger partial charge on any atom is 0.259 e. The first-order valence-electron chi connectivity index (χ1n) is 6.54. The molecule has 0 aliphatic carbocycles. The van der Waals surface area contributed by atoms with Gasteiger partial charge in [0, 0.05) is 22.1 Å². The molecule has 1 atom stereocenters. The molecule has 0 saturated heterocycles. The smallest absolute Gasteiger partial charge is 0.259 e. The Morgan fingerprint density at radius 2 is 1.90 bits per heavy atom. The molecule has 2 aromatic carbocycles. The van der Waals surface area contributed by atoms with E-state index in [2.05, 4.69) is 15.9 Å². The molecule has 0 spiro atoms. The molecule has 0 saturated carbocycles. The SMILES string of the molecule is NC(=O)C1Cc2ccccc2N1C(=O)c1cccc(Br)c1. The predicted molar refractivity (Wildman–Crippen MR) is 84.1 cm³/mol. The summed E-state index contributed by atoms with van der Waals surface area (Å²) in [7, 11) is 0. The normalized spacial score (nSPS) is 16.6. The third-order valence-corrected chi connectivity index (χ3v) is 4.09. The van der Waals surface area contributed by atoms with Crippen molar-refractivity contribution in [1.82, 2.24) is 0 Å². The van der Waals surface area contributed by atoms with Crippen LogP contribution >= 0.6 is 15.9 Å². The quantitative estimate of drug-likeness (QED) is 0.909. The lowest BCUT2D eigenvalue weighted by Gasteiger charge is -2.23. The molecule has 1 unspecified atom stereocenters. The molecule has 3 rings (SSSR count). The number of benzene rings is 2. The average Bonchev–Trinajstić information content (AvgIpc) is 2.86. The van der Waals surface area contributed by atoms with E-state index in [1.165, 1.54) is 4.90 Å². The van der Waals surface area contributed by atoms with E-state index in [9.17, 15) is 9.59 Å². The van der Waals surface area contributed by atoms with Gasteiger partial charge in [-0.15, -0.1) is 0 Å². The van der Waals surface area contributed by atoms with Gasteiger partial charge in [-0.3, -0.25) is 14.5 Å². The van der Waals surface area contributed by atoms with Gasteiger partial charge in [-0.2, -0.15) is 0 Å². The maximum absolute atomic E-state index is 12.8. The monoisotopic (exact) mass is 344 g/mol. The van der Waals surface area contributed by atoms with Crippen molar-refractivity contribution in [3.05, 3.63) is 64.1 Å². The molecule has 5 heteroatoms. The van der Waals surface area contributed by atoms with Gasteiger partial charge >= 0.3 is 0 Å². The van der Waals surface area contributed by atoms with E-state index in [1.807, 2.05) is 30.3 Å². The van der Waals surface area contributed by atoms with Gasteiger partial charge in [0.15, 0.2) is 0 Å². The molecule has 106 valence electrons. The minimum absolute atomic E-state index is 0.218. The number of hydrogen-bond donors (Lipinski definition) is 1. The largest absolute Gasteiger partial charge is 0.368 e. The van der Waals surface area contributed by atoms with Gasteiger partial charge in [-0.25, -0.2) is 0 Å². The van der Waals surface area contributed by atoms with Crippen LogP contribution in [0.1, 0.15) is 15.9 Å². The number of nitrogens with two attached hydrogens (primary N) is 1. The van der Waals surface area contributed by atoms with Crippen LogP contribution in [-0.4, -0.2) is 17.9 Å². The molecule has 2 aromatic rings. The first kappa shape index (κ1) is 13.8. The molecule has 1 aliphatic rings. The van der Waals surface area contributed by atoms with Crippen molar-refractivity contribution < 1.29 is 9.59 Å². The molecule has 4 nitrogen and oxygen atoms in total. The highest BCUT2D eigenvalue weighted by molar-refractivity contribution is 9.10. The first-order chi connectivity index (χ1) is 10.1. The molecule has 0 fully saturated rings. The highest BCUT2D eigenvalue weighted by Crippen LogP contribution is 2.33. The van der Waals surface area contributed by atoms with E-state index in [-0.39, 0.29) is 5.91 Å². The van der Waals surface area contributed by atoms with Crippen molar-refractivity contribution in [1.29, 1.82) is 0 Å². The highest BCUT2D eigenvalue weighted by atomic mass is 79.9. The van der Waals surface area contributed by atoms with E-state index in [0.717, 1.165) is 15.7 Å². The summed E-state index contributed by atoms with van der Waals surface area (Å²) in [5.41, 5.74) is 7.71. The summed E-state index contributed by atoms with van der Waals surface area (Å²) in [5, 5.41) is 0. The van der Waals surface area contributed by atoms with E-state index < -0.39 is 11.9 Å². The van der Waals surface area contributed by atoms with Crippen LogP contribution in [0.5, 0.6) is 0 Å². The Morgan fingerprint density at radius 1 is 1.14 bits per heavy atom. The number of carbonyl (C=O) groups excluding carboxylic acids is 2. The zero-order valence-electron chi connectivity index (χ0n) is 11.1. The second kappa shape index (κ2) is 5.33. The van der Waals surface area contributed by atoms with Crippen LogP contribution in [0.4, 0.5) is 5.69 Å². The summed E-state index contributed by atoms with van der Waals surface area (Å²) in [6, 6.07) is 14.0. The zero-order chi connectivity index (χ0) is 15.0. The van der Waals surface area contributed by atoms with E-state index in [4.69, 9.17) is 5.73 Å². The van der Waals surface area contributed by atoms with Crippen LogP contribution in [0.15, 0.2) is 53.0 Å². The Morgan fingerprint density at radius 3 is 2.62 bits per heavy atom. The number of rotatable bonds is 2. The minimum atomic E-state index is -0.631. The van der Waals surface area contributed by atoms with Gasteiger partial charge in [0.05, 0.1) is 0 Å². The summed E-state index contributed by atoms with van der Waals surface area (Å²) in [6.45, 7) is 0. The number of halogens is 1. The number of hydrogen-bond acceptors (Lipinski definition) is 2. The molecular weight excluding hydrogens is 332 g/mol. The number of para-hydroxylation sites is 1. The summed E-state index contributed by atoms with van der Waals surface area (Å²) >= 11 is 3.35. The summed E-state index contributed by atoms with van der Waals surface area (Å²) in [5.74, 6) is -0.709. The van der Waals surface area contributed by atoms with Crippen molar-refractivity contribution >= 4 is 33.4 Å². The Kier molecular flexibility index (Phi) is 3.51. The Labute approximate surface area is 130 Å². The predicted octanol–water partition coefficient (Wildman–Crippen LogP) is 2.51. The second-order valence-electron chi connectivity index (χ2n) is 4.94. The fourth-order valence-corrected chi connectivity index (χ4v) is 3.02. The number of fused-ring (bicyclic) bond motifs is 1. The number of anilines is 1. The molecule has 0 aromatic heterocycles. The molecule has 1 heterocycles. The van der Waals surface area contributed by atoms with Crippen molar-refractivity contribution in [2.45, 2.75) is 12.5 Å². The topological polar surface area (TPSA) is 63.4 Å². The third kappa shape index (κ3) is 2.45. The zero-order valence-corrected chi connectivity index (χ0v) is 12.7.